The van der Waals surface area contributed by atoms with Gasteiger partial charge in [-0.15, -0.1) is 0 Å². The quantitative estimate of drug-likeness (QED) is 0.286. The minimum Gasteiger partial charge on any atom is -0.491 e. The number of nitrogens with zero attached hydrogens (tertiary/aromatic N) is 3. The van der Waals surface area contributed by atoms with Crippen LogP contribution in [-0.4, -0.2) is 50.2 Å². The molecule has 1 aliphatic heterocycles. The van der Waals surface area contributed by atoms with E-state index in [1.54, 1.807) is 36.4 Å². The van der Waals surface area contributed by atoms with Gasteiger partial charge in [0, 0.05) is 22.7 Å². The highest BCUT2D eigenvalue weighted by Crippen LogP contribution is 2.43. The third kappa shape index (κ3) is 5.30. The fourth-order valence-electron chi connectivity index (χ4n) is 5.40. The van der Waals surface area contributed by atoms with Crippen LogP contribution >= 0.6 is 0 Å². The Morgan fingerprint density at radius 3 is 2.44 bits per heavy atom. The van der Waals surface area contributed by atoms with Crippen LogP contribution in [0.25, 0.3) is 34.3 Å². The first kappa shape index (κ1) is 27.0. The lowest BCUT2D eigenvalue weighted by Gasteiger charge is -2.36. The van der Waals surface area contributed by atoms with Gasteiger partial charge in [0.25, 0.3) is 5.89 Å². The molecule has 13 heteroatoms. The van der Waals surface area contributed by atoms with E-state index in [0.29, 0.717) is 42.6 Å². The number of nitrogens with one attached hydrogen (secondary N) is 1. The van der Waals surface area contributed by atoms with Gasteiger partial charge in [-0.3, -0.25) is 4.79 Å². The third-order valence-corrected chi connectivity index (χ3v) is 7.56. The maximum atomic E-state index is 14.0. The number of alkyl halides is 3. The first-order valence-corrected chi connectivity index (χ1v) is 13.1. The number of hydrogen-bond donors (Lipinski definition) is 3. The maximum Gasteiger partial charge on any atom is 0.422 e. The number of hydrogen-bond acceptors (Lipinski definition) is 9. The topological polar surface area (TPSA) is 144 Å². The van der Waals surface area contributed by atoms with E-state index in [0.717, 1.165) is 0 Å². The molecular weight excluding hydrogens is 545 g/mol. The van der Waals surface area contributed by atoms with E-state index in [9.17, 15) is 28.2 Å². The number of carboxylic acids is 1. The Kier molecular flexibility index (Phi) is 6.99. The zero-order chi connectivity index (χ0) is 28.7. The second-order valence-corrected chi connectivity index (χ2v) is 10.2. The summed E-state index contributed by atoms with van der Waals surface area (Å²) in [5.74, 6) is -1.89. The number of aliphatic carboxylic acids is 1. The lowest BCUT2D eigenvalue weighted by atomic mass is 9.85. The van der Waals surface area contributed by atoms with Crippen molar-refractivity contribution in [3.05, 3.63) is 59.7 Å². The van der Waals surface area contributed by atoms with Crippen molar-refractivity contribution < 1.29 is 42.0 Å². The molecule has 10 nitrogen and oxygen atoms in total. The van der Waals surface area contributed by atoms with Crippen LogP contribution in [0.2, 0.25) is 0 Å². The summed E-state index contributed by atoms with van der Waals surface area (Å²) in [4.78, 5) is 15.3. The molecule has 4 aromatic rings. The van der Waals surface area contributed by atoms with Gasteiger partial charge in [0.1, 0.15) is 29.7 Å². The first-order valence-electron chi connectivity index (χ1n) is 13.1. The van der Waals surface area contributed by atoms with E-state index in [-0.39, 0.29) is 41.7 Å². The smallest absolute Gasteiger partial charge is 0.422 e. The number of aromatic nitrogens is 3. The third-order valence-electron chi connectivity index (χ3n) is 7.56. The minimum atomic E-state index is -4.80. The van der Waals surface area contributed by atoms with Crippen LogP contribution in [0.15, 0.2) is 57.6 Å². The normalized spacial score (nSPS) is 22.6. The number of carboxylic acid groups (broad SMARTS) is 1. The molecule has 0 saturated heterocycles. The second-order valence-electron chi connectivity index (χ2n) is 10.2. The summed E-state index contributed by atoms with van der Waals surface area (Å²) in [6.45, 7) is 0.170. The Balaban J connectivity index is 1.20. The molecule has 214 valence electrons. The van der Waals surface area contributed by atoms with Gasteiger partial charge in [0.15, 0.2) is 0 Å². The molecule has 0 unspecified atom stereocenters. The highest BCUT2D eigenvalue weighted by atomic mass is 19.4. The van der Waals surface area contributed by atoms with Crippen molar-refractivity contribution in [3.63, 3.8) is 0 Å². The largest absolute Gasteiger partial charge is 0.491 e. The summed E-state index contributed by atoms with van der Waals surface area (Å²) in [6, 6.07) is 12.4. The van der Waals surface area contributed by atoms with E-state index < -0.39 is 35.5 Å². The van der Waals surface area contributed by atoms with Crippen molar-refractivity contribution in [3.8, 4) is 40.0 Å². The molecule has 41 heavy (non-hydrogen) atoms. The predicted octanol–water partition coefficient (Wildman–Crippen LogP) is 5.10. The fourth-order valence-corrected chi connectivity index (χ4v) is 5.40. The number of aliphatic hydroxyl groups is 1. The molecule has 0 bridgehead atoms. The zero-order valence-electron chi connectivity index (χ0n) is 21.5. The number of fused-ring (bicyclic) bond motifs is 1. The van der Waals surface area contributed by atoms with Crippen LogP contribution in [0, 0.1) is 5.92 Å². The van der Waals surface area contributed by atoms with Crippen molar-refractivity contribution in [1.82, 2.24) is 20.6 Å². The Labute approximate surface area is 231 Å². The Bertz CT molecular complexity index is 1550. The molecule has 2 aromatic heterocycles. The van der Waals surface area contributed by atoms with E-state index in [1.165, 1.54) is 12.1 Å². The van der Waals surface area contributed by atoms with Gasteiger partial charge < -0.3 is 29.3 Å². The van der Waals surface area contributed by atoms with Crippen LogP contribution in [-0.2, 0) is 11.0 Å². The summed E-state index contributed by atoms with van der Waals surface area (Å²) in [6.07, 6.45) is -3.14. The average molecular weight is 571 g/mol. The van der Waals surface area contributed by atoms with Crippen LogP contribution in [0.3, 0.4) is 0 Å². The van der Waals surface area contributed by atoms with E-state index in [4.69, 9.17) is 13.8 Å². The van der Waals surface area contributed by atoms with Crippen molar-refractivity contribution in [2.24, 2.45) is 5.92 Å². The van der Waals surface area contributed by atoms with Gasteiger partial charge in [-0.1, -0.05) is 52.8 Å². The zero-order valence-corrected chi connectivity index (χ0v) is 21.5. The Hall–Kier alpha value is -4.23. The number of ether oxygens (including phenoxy) is 1. The van der Waals surface area contributed by atoms with Crippen LogP contribution < -0.4 is 10.1 Å². The predicted molar refractivity (Wildman–Crippen MR) is 136 cm³/mol. The van der Waals surface area contributed by atoms with E-state index >= 15 is 0 Å². The standard InChI is InChI=1S/C28H25F3N4O6/c29-28(30,31)21-22(14-4-2-1-3-5-14)34-40-24(21)26-33-25(35-41-26)16-8-11-18-20(12-16)39-13-19(23(18)36)32-17-9-6-15(7-10-17)27(37)38/h1-5,8,11-12,15,17,19,23,32,36H,6-7,9-10,13H2,(H,37,38)/t15?,17?,19-,23+/m1/s1. The number of rotatable bonds is 6. The summed E-state index contributed by atoms with van der Waals surface area (Å²) in [5, 5.41) is 31.1. The van der Waals surface area contributed by atoms with Gasteiger partial charge >= 0.3 is 12.1 Å². The molecule has 0 amide bonds. The molecule has 3 N–H and O–H groups in total. The lowest BCUT2D eigenvalue weighted by Crippen LogP contribution is -2.48. The Morgan fingerprint density at radius 2 is 1.73 bits per heavy atom. The van der Waals surface area contributed by atoms with Crippen molar-refractivity contribution in [2.75, 3.05) is 6.61 Å². The van der Waals surface area contributed by atoms with Crippen LogP contribution in [0.5, 0.6) is 5.75 Å². The number of aliphatic hydroxyl groups excluding tert-OH is 1. The van der Waals surface area contributed by atoms with Gasteiger partial charge in [0.05, 0.1) is 12.0 Å². The van der Waals surface area contributed by atoms with Gasteiger partial charge in [-0.25, -0.2) is 0 Å². The SMILES string of the molecule is O=C(O)C1CCC(N[C@@H]2COc3cc(-c4noc(-c5onc(-c6ccccc6)c5C(F)(F)F)n4)ccc3[C@@H]2O)CC1. The first-order chi connectivity index (χ1) is 19.7. The highest BCUT2D eigenvalue weighted by Gasteiger charge is 2.43. The molecule has 1 fully saturated rings. The summed E-state index contributed by atoms with van der Waals surface area (Å²) in [5.41, 5.74) is -0.350. The van der Waals surface area contributed by atoms with E-state index in [1.807, 2.05) is 0 Å². The van der Waals surface area contributed by atoms with Gasteiger partial charge in [0.2, 0.25) is 11.6 Å². The monoisotopic (exact) mass is 570 g/mol. The summed E-state index contributed by atoms with van der Waals surface area (Å²) < 4.78 is 58.2. The molecule has 1 saturated carbocycles. The molecular formula is C28H25F3N4O6. The highest BCUT2D eigenvalue weighted by molar-refractivity contribution is 5.71. The molecule has 2 atom stereocenters. The maximum absolute atomic E-state index is 14.0. The molecule has 0 spiro atoms. The molecule has 2 aliphatic rings. The van der Waals surface area contributed by atoms with Crippen molar-refractivity contribution in [2.45, 2.75) is 50.0 Å². The van der Waals surface area contributed by atoms with Crippen molar-refractivity contribution >= 4 is 5.97 Å². The van der Waals surface area contributed by atoms with E-state index in [2.05, 4.69) is 20.6 Å². The Morgan fingerprint density at radius 1 is 0.976 bits per heavy atom. The fraction of sp³-hybridized carbons (Fsp3) is 0.357. The molecule has 6 rings (SSSR count). The number of benzene rings is 2. The minimum absolute atomic E-state index is 0.00196. The molecule has 1 aliphatic carbocycles. The number of halogens is 3. The van der Waals surface area contributed by atoms with Crippen LogP contribution in [0.1, 0.15) is 42.9 Å². The molecule has 0 radical (unpaired) electrons. The van der Waals surface area contributed by atoms with Gasteiger partial charge in [-0.2, -0.15) is 18.2 Å². The lowest BCUT2D eigenvalue weighted by molar-refractivity contribution is -0.143. The molecule has 3 heterocycles. The summed E-state index contributed by atoms with van der Waals surface area (Å²) >= 11 is 0. The average Bonchev–Trinajstić information content (AvgIpc) is 3.63. The number of carbonyl (C=O) groups is 1. The van der Waals surface area contributed by atoms with Crippen molar-refractivity contribution in [1.29, 1.82) is 0 Å². The van der Waals surface area contributed by atoms with Crippen LogP contribution in [0.4, 0.5) is 13.2 Å². The van der Waals surface area contributed by atoms with Gasteiger partial charge in [-0.05, 0) is 31.7 Å². The molecule has 2 aromatic carbocycles. The second kappa shape index (κ2) is 10.6. The summed E-state index contributed by atoms with van der Waals surface area (Å²) in [7, 11) is 0.